The van der Waals surface area contributed by atoms with Crippen LogP contribution in [0.1, 0.15) is 40.9 Å². The number of rotatable bonds is 5. The highest BCUT2D eigenvalue weighted by Crippen LogP contribution is 2.26. The van der Waals surface area contributed by atoms with Gasteiger partial charge in [0.1, 0.15) is 0 Å². The zero-order valence-electron chi connectivity index (χ0n) is 10.9. The Labute approximate surface area is 112 Å². The summed E-state index contributed by atoms with van der Waals surface area (Å²) in [6.45, 7) is 4.35. The molecule has 0 saturated carbocycles. The quantitative estimate of drug-likeness (QED) is 0.893. The molecular weight excluding hydrogens is 242 g/mol. The minimum atomic E-state index is 0.108. The molecule has 0 atom stereocenters. The van der Waals surface area contributed by atoms with Crippen molar-refractivity contribution in [1.82, 2.24) is 4.98 Å². The predicted octanol–water partition coefficient (Wildman–Crippen LogP) is 3.54. The van der Waals surface area contributed by atoms with Crippen molar-refractivity contribution < 1.29 is 5.11 Å². The molecule has 3 heteroatoms. The van der Waals surface area contributed by atoms with Gasteiger partial charge >= 0.3 is 0 Å². The summed E-state index contributed by atoms with van der Waals surface area (Å²) >= 11 is 1.65. The Hall–Kier alpha value is -1.19. The zero-order chi connectivity index (χ0) is 13.0. The van der Waals surface area contributed by atoms with Gasteiger partial charge in [0, 0.05) is 6.42 Å². The van der Waals surface area contributed by atoms with Crippen LogP contribution in [-0.2, 0) is 19.4 Å². The molecule has 0 saturated heterocycles. The van der Waals surface area contributed by atoms with E-state index in [9.17, 15) is 5.11 Å². The van der Waals surface area contributed by atoms with Gasteiger partial charge in [0.05, 0.1) is 22.2 Å². The van der Waals surface area contributed by atoms with Crippen LogP contribution in [0.5, 0.6) is 0 Å². The molecule has 1 aromatic heterocycles. The molecule has 0 aliphatic heterocycles. The second-order valence-corrected chi connectivity index (χ2v) is 5.88. The Kier molecular flexibility index (Phi) is 4.50. The predicted molar refractivity (Wildman–Crippen MR) is 76.0 cm³/mol. The van der Waals surface area contributed by atoms with Gasteiger partial charge < -0.3 is 5.11 Å². The lowest BCUT2D eigenvalue weighted by Crippen LogP contribution is -1.94. The third-order valence-electron chi connectivity index (χ3n) is 2.93. The lowest BCUT2D eigenvalue weighted by Gasteiger charge is -2.01. The van der Waals surface area contributed by atoms with Crippen molar-refractivity contribution in [3.05, 3.63) is 51.5 Å². The number of hydrogen-bond acceptors (Lipinski definition) is 3. The van der Waals surface area contributed by atoms with E-state index in [2.05, 4.69) is 43.1 Å². The normalized spacial score (nSPS) is 11.1. The van der Waals surface area contributed by atoms with Gasteiger partial charge in [0.25, 0.3) is 0 Å². The number of aliphatic hydroxyl groups excluding tert-OH is 1. The van der Waals surface area contributed by atoms with Gasteiger partial charge in [-0.05, 0) is 17.9 Å². The van der Waals surface area contributed by atoms with Gasteiger partial charge in [0.2, 0.25) is 0 Å². The highest BCUT2D eigenvalue weighted by molar-refractivity contribution is 7.11. The van der Waals surface area contributed by atoms with E-state index in [1.165, 1.54) is 5.56 Å². The first-order valence-electron chi connectivity index (χ1n) is 6.34. The van der Waals surface area contributed by atoms with E-state index < -0.39 is 0 Å². The molecule has 0 unspecified atom stereocenters. The maximum atomic E-state index is 9.34. The van der Waals surface area contributed by atoms with Crippen LogP contribution < -0.4 is 0 Å². The van der Waals surface area contributed by atoms with Crippen molar-refractivity contribution in [3.63, 3.8) is 0 Å². The lowest BCUT2D eigenvalue weighted by molar-refractivity contribution is 0.283. The number of aryl methyl sites for hydroxylation is 2. The second kappa shape index (κ2) is 6.12. The summed E-state index contributed by atoms with van der Waals surface area (Å²) in [7, 11) is 0. The fourth-order valence-electron chi connectivity index (χ4n) is 1.98. The largest absolute Gasteiger partial charge is 0.391 e. The molecule has 2 aromatic rings. The van der Waals surface area contributed by atoms with Crippen LogP contribution in [-0.4, -0.2) is 10.1 Å². The average Bonchev–Trinajstić information content (AvgIpc) is 2.81. The fraction of sp³-hybridized carbons (Fsp3) is 0.400. The molecule has 0 fully saturated rings. The molecular formula is C15H19NOS. The number of hydrogen-bond donors (Lipinski definition) is 1. The molecule has 96 valence electrons. The van der Waals surface area contributed by atoms with Crippen LogP contribution in [0.4, 0.5) is 0 Å². The summed E-state index contributed by atoms with van der Waals surface area (Å²) < 4.78 is 0. The number of benzene rings is 1. The molecule has 0 aliphatic carbocycles. The van der Waals surface area contributed by atoms with Crippen molar-refractivity contribution >= 4 is 11.3 Å². The Morgan fingerprint density at radius 1 is 1.17 bits per heavy atom. The van der Waals surface area contributed by atoms with E-state index in [1.807, 2.05) is 6.07 Å². The van der Waals surface area contributed by atoms with Gasteiger partial charge in [-0.2, -0.15) is 0 Å². The summed E-state index contributed by atoms with van der Waals surface area (Å²) in [4.78, 5) is 5.68. The molecule has 0 aliphatic rings. The highest BCUT2D eigenvalue weighted by Gasteiger charge is 2.13. The van der Waals surface area contributed by atoms with Crippen LogP contribution in [0.2, 0.25) is 0 Å². The van der Waals surface area contributed by atoms with E-state index in [0.717, 1.165) is 28.4 Å². The van der Waals surface area contributed by atoms with Gasteiger partial charge in [-0.3, -0.25) is 0 Å². The summed E-state index contributed by atoms with van der Waals surface area (Å²) in [6, 6.07) is 10.5. The molecule has 1 heterocycles. The van der Waals surface area contributed by atoms with Crippen LogP contribution in [0.3, 0.4) is 0 Å². The summed E-state index contributed by atoms with van der Waals surface area (Å²) in [5, 5.41) is 10.5. The van der Waals surface area contributed by atoms with Crippen LogP contribution in [0.15, 0.2) is 30.3 Å². The minimum Gasteiger partial charge on any atom is -0.391 e. The Morgan fingerprint density at radius 3 is 2.44 bits per heavy atom. The van der Waals surface area contributed by atoms with Crippen molar-refractivity contribution in [3.8, 4) is 0 Å². The molecule has 2 rings (SSSR count). The number of aromatic nitrogens is 1. The maximum Gasteiger partial charge on any atom is 0.0935 e. The molecule has 18 heavy (non-hydrogen) atoms. The molecule has 1 N–H and O–H groups in total. The fourth-order valence-corrected chi connectivity index (χ4v) is 3.06. The zero-order valence-corrected chi connectivity index (χ0v) is 11.7. The minimum absolute atomic E-state index is 0.108. The van der Waals surface area contributed by atoms with Gasteiger partial charge in [-0.1, -0.05) is 44.2 Å². The summed E-state index contributed by atoms with van der Waals surface area (Å²) in [6.07, 6.45) is 1.96. The second-order valence-electron chi connectivity index (χ2n) is 4.71. The third-order valence-corrected chi connectivity index (χ3v) is 4.05. The van der Waals surface area contributed by atoms with Crippen molar-refractivity contribution in [2.24, 2.45) is 0 Å². The van der Waals surface area contributed by atoms with Crippen LogP contribution in [0.25, 0.3) is 0 Å². The molecule has 1 aromatic carbocycles. The number of nitrogens with zero attached hydrogens (tertiary/aromatic N) is 1. The first-order valence-corrected chi connectivity index (χ1v) is 7.15. The van der Waals surface area contributed by atoms with E-state index in [0.29, 0.717) is 5.92 Å². The molecule has 0 bridgehead atoms. The van der Waals surface area contributed by atoms with Crippen LogP contribution in [0, 0.1) is 0 Å². The van der Waals surface area contributed by atoms with Crippen molar-refractivity contribution in [1.29, 1.82) is 0 Å². The van der Waals surface area contributed by atoms with E-state index in [-0.39, 0.29) is 6.61 Å². The van der Waals surface area contributed by atoms with Gasteiger partial charge in [-0.15, -0.1) is 11.3 Å². The molecule has 0 amide bonds. The first kappa shape index (κ1) is 13.2. The van der Waals surface area contributed by atoms with E-state index in [4.69, 9.17) is 0 Å². The Bertz CT molecular complexity index is 490. The van der Waals surface area contributed by atoms with E-state index >= 15 is 0 Å². The van der Waals surface area contributed by atoms with Gasteiger partial charge in [0.15, 0.2) is 0 Å². The van der Waals surface area contributed by atoms with Gasteiger partial charge in [-0.25, -0.2) is 4.98 Å². The maximum absolute atomic E-state index is 9.34. The summed E-state index contributed by atoms with van der Waals surface area (Å²) in [5.74, 6) is 0.383. The number of aliphatic hydroxyl groups is 1. The third kappa shape index (κ3) is 3.18. The average molecular weight is 261 g/mol. The smallest absolute Gasteiger partial charge is 0.0935 e. The lowest BCUT2D eigenvalue weighted by atomic mass is 10.1. The molecule has 0 radical (unpaired) electrons. The van der Waals surface area contributed by atoms with Crippen molar-refractivity contribution in [2.45, 2.75) is 39.2 Å². The van der Waals surface area contributed by atoms with E-state index in [1.54, 1.807) is 11.3 Å². The standard InChI is InChI=1S/C15H19NOS/c1-11(2)15-13(10-17)18-14(16-15)9-8-12-6-4-3-5-7-12/h3-7,11,17H,8-10H2,1-2H3. The van der Waals surface area contributed by atoms with Crippen LogP contribution >= 0.6 is 11.3 Å². The molecule has 2 nitrogen and oxygen atoms in total. The first-order chi connectivity index (χ1) is 8.70. The Balaban J connectivity index is 2.06. The SMILES string of the molecule is CC(C)c1nc(CCc2ccccc2)sc1CO. The topological polar surface area (TPSA) is 33.1 Å². The highest BCUT2D eigenvalue weighted by atomic mass is 32.1. The Morgan fingerprint density at radius 2 is 1.89 bits per heavy atom. The summed E-state index contributed by atoms with van der Waals surface area (Å²) in [5.41, 5.74) is 2.40. The number of thiazole rings is 1. The molecule has 0 spiro atoms. The van der Waals surface area contributed by atoms with Crippen molar-refractivity contribution in [2.75, 3.05) is 0 Å². The monoisotopic (exact) mass is 261 g/mol.